The number of pyridine rings is 1. The van der Waals surface area contributed by atoms with Crippen molar-refractivity contribution < 1.29 is 4.39 Å². The van der Waals surface area contributed by atoms with Crippen LogP contribution >= 0.6 is 0 Å². The van der Waals surface area contributed by atoms with Gasteiger partial charge in [0.15, 0.2) is 0 Å². The van der Waals surface area contributed by atoms with E-state index in [1.54, 1.807) is 30.6 Å². The van der Waals surface area contributed by atoms with Gasteiger partial charge in [-0.2, -0.15) is 4.98 Å². The van der Waals surface area contributed by atoms with Gasteiger partial charge in [0.2, 0.25) is 5.95 Å². The summed E-state index contributed by atoms with van der Waals surface area (Å²) in [7, 11) is 0. The fourth-order valence-electron chi connectivity index (χ4n) is 2.78. The molecule has 5 nitrogen and oxygen atoms in total. The molecule has 0 spiro atoms. The Balaban J connectivity index is 1.36. The monoisotopic (exact) mass is 397 g/mol. The second-order valence-corrected chi connectivity index (χ2v) is 6.58. The van der Waals surface area contributed by atoms with Gasteiger partial charge in [0.05, 0.1) is 5.69 Å². The van der Waals surface area contributed by atoms with Crippen LogP contribution in [0, 0.1) is 5.82 Å². The number of anilines is 3. The minimum atomic E-state index is -0.251. The van der Waals surface area contributed by atoms with Gasteiger partial charge < -0.3 is 10.6 Å². The lowest BCUT2D eigenvalue weighted by atomic mass is 10.2. The van der Waals surface area contributed by atoms with Crippen molar-refractivity contribution in [2.45, 2.75) is 6.54 Å². The second-order valence-electron chi connectivity index (χ2n) is 6.58. The van der Waals surface area contributed by atoms with Crippen LogP contribution in [0.1, 0.15) is 16.8 Å². The summed E-state index contributed by atoms with van der Waals surface area (Å²) in [6.07, 6.45) is 7.46. The van der Waals surface area contributed by atoms with E-state index in [0.29, 0.717) is 18.3 Å². The molecule has 148 valence electrons. The van der Waals surface area contributed by atoms with Crippen molar-refractivity contribution >= 4 is 29.6 Å². The van der Waals surface area contributed by atoms with Crippen LogP contribution in [-0.4, -0.2) is 15.0 Å². The molecule has 0 bridgehead atoms. The van der Waals surface area contributed by atoms with Crippen molar-refractivity contribution in [3.8, 4) is 0 Å². The quantitative estimate of drug-likeness (QED) is 0.429. The molecule has 0 unspecified atom stereocenters. The molecule has 0 fully saturated rings. The Morgan fingerprint density at radius 1 is 0.800 bits per heavy atom. The van der Waals surface area contributed by atoms with Gasteiger partial charge in [0.25, 0.3) is 0 Å². The third kappa shape index (κ3) is 5.48. The minimum absolute atomic E-state index is 0.251. The number of nitrogens with zero attached hydrogens (tertiary/aromatic N) is 3. The molecule has 2 aromatic heterocycles. The van der Waals surface area contributed by atoms with Crippen molar-refractivity contribution in [1.29, 1.82) is 0 Å². The third-order valence-corrected chi connectivity index (χ3v) is 4.34. The molecule has 30 heavy (non-hydrogen) atoms. The van der Waals surface area contributed by atoms with Crippen LogP contribution in [0.15, 0.2) is 85.2 Å². The highest BCUT2D eigenvalue weighted by atomic mass is 19.1. The van der Waals surface area contributed by atoms with Crippen LogP contribution in [0.4, 0.5) is 21.8 Å². The molecular formula is C24H20FN5. The fourth-order valence-corrected chi connectivity index (χ4v) is 2.78. The summed E-state index contributed by atoms with van der Waals surface area (Å²) in [6, 6.07) is 22.0. The van der Waals surface area contributed by atoms with Crippen LogP contribution in [0.2, 0.25) is 0 Å². The van der Waals surface area contributed by atoms with E-state index >= 15 is 0 Å². The van der Waals surface area contributed by atoms with Gasteiger partial charge in [0, 0.05) is 24.6 Å². The van der Waals surface area contributed by atoms with Crippen molar-refractivity contribution in [2.24, 2.45) is 0 Å². The maximum absolute atomic E-state index is 13.0. The topological polar surface area (TPSA) is 62.7 Å². The Morgan fingerprint density at radius 3 is 2.40 bits per heavy atom. The number of hydrogen-bond acceptors (Lipinski definition) is 5. The molecule has 0 amide bonds. The molecule has 0 aliphatic heterocycles. The Morgan fingerprint density at radius 2 is 1.63 bits per heavy atom. The van der Waals surface area contributed by atoms with E-state index in [9.17, 15) is 4.39 Å². The summed E-state index contributed by atoms with van der Waals surface area (Å²) in [5.41, 5.74) is 3.87. The molecule has 2 N–H and O–H groups in total. The van der Waals surface area contributed by atoms with E-state index in [4.69, 9.17) is 0 Å². The molecule has 0 aliphatic rings. The SMILES string of the molecule is Fc1ccc(CNc2nccc(Nc3ccc(C=Cc4ccccn4)cc3)n2)cc1. The second kappa shape index (κ2) is 9.43. The van der Waals surface area contributed by atoms with Crippen LogP contribution in [-0.2, 0) is 6.54 Å². The lowest BCUT2D eigenvalue weighted by Gasteiger charge is -2.09. The van der Waals surface area contributed by atoms with Crippen molar-refractivity contribution in [3.63, 3.8) is 0 Å². The van der Waals surface area contributed by atoms with E-state index in [1.165, 1.54) is 12.1 Å². The predicted molar refractivity (Wildman–Crippen MR) is 119 cm³/mol. The molecule has 0 saturated carbocycles. The molecule has 0 atom stereocenters. The van der Waals surface area contributed by atoms with Gasteiger partial charge in [-0.25, -0.2) is 9.37 Å². The zero-order chi connectivity index (χ0) is 20.6. The molecule has 2 heterocycles. The highest BCUT2D eigenvalue weighted by Gasteiger charge is 2.01. The average Bonchev–Trinajstić information content (AvgIpc) is 2.79. The lowest BCUT2D eigenvalue weighted by molar-refractivity contribution is 0.627. The number of benzene rings is 2. The van der Waals surface area contributed by atoms with E-state index in [-0.39, 0.29) is 5.82 Å². The fraction of sp³-hybridized carbons (Fsp3) is 0.0417. The van der Waals surface area contributed by atoms with Crippen molar-refractivity contribution in [1.82, 2.24) is 15.0 Å². The Hall–Kier alpha value is -4.06. The zero-order valence-electron chi connectivity index (χ0n) is 16.2. The molecule has 4 rings (SSSR count). The maximum atomic E-state index is 13.0. The Kier molecular flexibility index (Phi) is 6.05. The number of halogens is 1. The first-order valence-corrected chi connectivity index (χ1v) is 9.52. The van der Waals surface area contributed by atoms with E-state index in [0.717, 1.165) is 22.5 Å². The molecular weight excluding hydrogens is 377 g/mol. The van der Waals surface area contributed by atoms with Crippen LogP contribution in [0.25, 0.3) is 12.2 Å². The van der Waals surface area contributed by atoms with Gasteiger partial charge in [-0.3, -0.25) is 4.98 Å². The Bertz CT molecular complexity index is 1110. The summed E-state index contributed by atoms with van der Waals surface area (Å²) >= 11 is 0. The zero-order valence-corrected chi connectivity index (χ0v) is 16.2. The third-order valence-electron chi connectivity index (χ3n) is 4.34. The average molecular weight is 397 g/mol. The molecule has 4 aromatic rings. The predicted octanol–water partition coefficient (Wildman–Crippen LogP) is 5.54. The Labute approximate surface area is 174 Å². The summed E-state index contributed by atoms with van der Waals surface area (Å²) in [5, 5.41) is 6.42. The summed E-state index contributed by atoms with van der Waals surface area (Å²) in [5.74, 6) is 0.932. The largest absolute Gasteiger partial charge is 0.350 e. The number of aromatic nitrogens is 3. The summed E-state index contributed by atoms with van der Waals surface area (Å²) < 4.78 is 13.0. The molecule has 0 radical (unpaired) electrons. The van der Waals surface area contributed by atoms with Gasteiger partial charge in [-0.05, 0) is 59.7 Å². The van der Waals surface area contributed by atoms with Crippen molar-refractivity contribution in [2.75, 3.05) is 10.6 Å². The smallest absolute Gasteiger partial charge is 0.224 e. The van der Waals surface area contributed by atoms with Gasteiger partial charge >= 0.3 is 0 Å². The van der Waals surface area contributed by atoms with Gasteiger partial charge in [-0.1, -0.05) is 36.4 Å². The van der Waals surface area contributed by atoms with E-state index in [2.05, 4.69) is 25.6 Å². The standard InChI is InChI=1S/C24H20FN5/c25-20-9-4-19(5-10-20)17-28-24-27-16-14-23(30-24)29-22-12-7-18(8-13-22)6-11-21-3-1-2-15-26-21/h1-16H,17H2,(H2,27,28,29,30). The molecule has 2 aromatic carbocycles. The number of nitrogens with one attached hydrogen (secondary N) is 2. The number of hydrogen-bond donors (Lipinski definition) is 2. The van der Waals surface area contributed by atoms with Gasteiger partial charge in [-0.15, -0.1) is 0 Å². The van der Waals surface area contributed by atoms with E-state index < -0.39 is 0 Å². The number of rotatable bonds is 7. The molecule has 0 saturated heterocycles. The van der Waals surface area contributed by atoms with Crippen molar-refractivity contribution in [3.05, 3.63) is 108 Å². The first-order valence-electron chi connectivity index (χ1n) is 9.52. The van der Waals surface area contributed by atoms with E-state index in [1.807, 2.05) is 54.6 Å². The highest BCUT2D eigenvalue weighted by molar-refractivity contribution is 5.69. The van der Waals surface area contributed by atoms with Crippen LogP contribution in [0.5, 0.6) is 0 Å². The summed E-state index contributed by atoms with van der Waals surface area (Å²) in [6.45, 7) is 0.515. The van der Waals surface area contributed by atoms with Crippen LogP contribution in [0.3, 0.4) is 0 Å². The summed E-state index contributed by atoms with van der Waals surface area (Å²) in [4.78, 5) is 13.0. The maximum Gasteiger partial charge on any atom is 0.224 e. The highest BCUT2D eigenvalue weighted by Crippen LogP contribution is 2.17. The first-order chi connectivity index (χ1) is 14.7. The van der Waals surface area contributed by atoms with Crippen LogP contribution < -0.4 is 10.6 Å². The lowest BCUT2D eigenvalue weighted by Crippen LogP contribution is -2.05. The van der Waals surface area contributed by atoms with Gasteiger partial charge in [0.1, 0.15) is 11.6 Å². The first kappa shape index (κ1) is 19.3. The minimum Gasteiger partial charge on any atom is -0.350 e. The molecule has 0 aliphatic carbocycles. The normalized spacial score (nSPS) is 10.8. The molecule has 6 heteroatoms.